The minimum atomic E-state index is -0.644. The minimum Gasteiger partial charge on any atom is -0.496 e. The highest BCUT2D eigenvalue weighted by atomic mass is 16.5. The lowest BCUT2D eigenvalue weighted by Gasteiger charge is -2.13. The predicted molar refractivity (Wildman–Crippen MR) is 107 cm³/mol. The fourth-order valence-corrected chi connectivity index (χ4v) is 2.44. The summed E-state index contributed by atoms with van der Waals surface area (Å²) >= 11 is 0. The van der Waals surface area contributed by atoms with E-state index in [9.17, 15) is 9.90 Å². The van der Waals surface area contributed by atoms with E-state index in [4.69, 9.17) is 9.47 Å². The number of aliphatic hydroxyl groups excluding tert-OH is 1. The summed E-state index contributed by atoms with van der Waals surface area (Å²) in [5.41, 5.74) is 1.67. The molecule has 0 spiro atoms. The van der Waals surface area contributed by atoms with E-state index in [1.165, 1.54) is 6.92 Å². The fraction of sp³-hybridized carbons (Fsp3) is 0.286. The van der Waals surface area contributed by atoms with Crippen molar-refractivity contribution in [3.05, 3.63) is 60.2 Å². The van der Waals surface area contributed by atoms with Crippen LogP contribution in [0.4, 0.5) is 5.69 Å². The van der Waals surface area contributed by atoms with Crippen LogP contribution in [0.2, 0.25) is 0 Å². The minimum absolute atomic E-state index is 0.141. The molecular weight excluding hydrogens is 344 g/mol. The van der Waals surface area contributed by atoms with Gasteiger partial charge in [-0.25, -0.2) is 0 Å². The molecule has 0 aliphatic rings. The van der Waals surface area contributed by atoms with Crippen LogP contribution in [0.25, 0.3) is 6.08 Å². The lowest BCUT2D eigenvalue weighted by atomic mass is 10.2. The molecule has 0 saturated heterocycles. The Hall–Kier alpha value is -2.83. The molecule has 1 unspecified atom stereocenters. The van der Waals surface area contributed by atoms with Crippen molar-refractivity contribution in [1.29, 1.82) is 0 Å². The van der Waals surface area contributed by atoms with Gasteiger partial charge in [0, 0.05) is 37.3 Å². The maximum absolute atomic E-state index is 11.1. The molecule has 144 valence electrons. The summed E-state index contributed by atoms with van der Waals surface area (Å²) in [5.74, 6) is 1.28. The second-order valence-corrected chi connectivity index (χ2v) is 5.98. The van der Waals surface area contributed by atoms with Crippen molar-refractivity contribution in [2.24, 2.45) is 0 Å². The molecule has 0 heterocycles. The first kappa shape index (κ1) is 20.5. The van der Waals surface area contributed by atoms with E-state index in [0.29, 0.717) is 24.5 Å². The van der Waals surface area contributed by atoms with Crippen LogP contribution >= 0.6 is 0 Å². The second kappa shape index (κ2) is 11.0. The van der Waals surface area contributed by atoms with Crippen LogP contribution in [0.1, 0.15) is 12.5 Å². The van der Waals surface area contributed by atoms with E-state index < -0.39 is 6.10 Å². The number of rotatable bonds is 10. The number of methoxy groups -OCH3 is 1. The Labute approximate surface area is 159 Å². The molecule has 0 bridgehead atoms. The van der Waals surface area contributed by atoms with Crippen LogP contribution in [-0.2, 0) is 4.79 Å². The number of anilines is 1. The topological polar surface area (TPSA) is 79.8 Å². The van der Waals surface area contributed by atoms with Gasteiger partial charge in [-0.2, -0.15) is 0 Å². The molecule has 6 heteroatoms. The van der Waals surface area contributed by atoms with Crippen LogP contribution in [0, 0.1) is 0 Å². The first-order chi connectivity index (χ1) is 13.1. The van der Waals surface area contributed by atoms with Crippen molar-refractivity contribution in [2.45, 2.75) is 13.0 Å². The molecule has 2 aromatic rings. The lowest BCUT2D eigenvalue weighted by molar-refractivity contribution is -0.114. The number of hydrogen-bond donors (Lipinski definition) is 3. The third kappa shape index (κ3) is 7.52. The monoisotopic (exact) mass is 370 g/mol. The van der Waals surface area contributed by atoms with Crippen molar-refractivity contribution in [3.8, 4) is 11.5 Å². The number of aliphatic hydroxyl groups is 1. The van der Waals surface area contributed by atoms with Gasteiger partial charge in [0.1, 0.15) is 24.2 Å². The Morgan fingerprint density at radius 1 is 1.22 bits per heavy atom. The van der Waals surface area contributed by atoms with Crippen molar-refractivity contribution >= 4 is 17.7 Å². The summed E-state index contributed by atoms with van der Waals surface area (Å²) < 4.78 is 10.9. The van der Waals surface area contributed by atoms with Crippen molar-refractivity contribution in [2.75, 3.05) is 32.1 Å². The number of nitrogens with one attached hydrogen (secondary N) is 2. The van der Waals surface area contributed by atoms with Gasteiger partial charge >= 0.3 is 0 Å². The van der Waals surface area contributed by atoms with Gasteiger partial charge in [-0.05, 0) is 18.2 Å². The van der Waals surface area contributed by atoms with Gasteiger partial charge in [-0.1, -0.05) is 36.4 Å². The highest BCUT2D eigenvalue weighted by Crippen LogP contribution is 2.18. The number of benzene rings is 2. The standard InChI is InChI=1S/C21H26N2O4/c1-16(24)23-18-9-5-10-20(13-18)27-15-19(25)14-22-12-6-8-17-7-3-4-11-21(17)26-2/h3-11,13,19,22,25H,12,14-15H2,1-2H3,(H,23,24). The summed E-state index contributed by atoms with van der Waals surface area (Å²) in [7, 11) is 1.65. The second-order valence-electron chi connectivity index (χ2n) is 5.98. The highest BCUT2D eigenvalue weighted by Gasteiger charge is 2.05. The molecule has 1 atom stereocenters. The van der Waals surface area contributed by atoms with E-state index >= 15 is 0 Å². The summed E-state index contributed by atoms with van der Waals surface area (Å²) in [5, 5.41) is 15.9. The number of carbonyl (C=O) groups is 1. The fourth-order valence-electron chi connectivity index (χ4n) is 2.44. The molecule has 0 radical (unpaired) electrons. The van der Waals surface area contributed by atoms with E-state index in [1.807, 2.05) is 36.4 Å². The number of para-hydroxylation sites is 1. The molecular formula is C21H26N2O4. The Balaban J connectivity index is 1.70. The Kier molecular flexibility index (Phi) is 8.35. The maximum Gasteiger partial charge on any atom is 0.221 e. The van der Waals surface area contributed by atoms with Gasteiger partial charge in [0.15, 0.2) is 0 Å². The van der Waals surface area contributed by atoms with E-state index in [1.54, 1.807) is 31.4 Å². The molecule has 2 aromatic carbocycles. The van der Waals surface area contributed by atoms with Crippen LogP contribution in [0.5, 0.6) is 11.5 Å². The molecule has 0 saturated carbocycles. The zero-order valence-electron chi connectivity index (χ0n) is 15.6. The van der Waals surface area contributed by atoms with Crippen LogP contribution in [0.15, 0.2) is 54.6 Å². The average Bonchev–Trinajstić information content (AvgIpc) is 2.66. The van der Waals surface area contributed by atoms with E-state index in [2.05, 4.69) is 10.6 Å². The van der Waals surface area contributed by atoms with Crippen molar-refractivity contribution in [1.82, 2.24) is 5.32 Å². The molecule has 27 heavy (non-hydrogen) atoms. The number of carbonyl (C=O) groups excluding carboxylic acids is 1. The zero-order valence-corrected chi connectivity index (χ0v) is 15.6. The van der Waals surface area contributed by atoms with Gasteiger partial charge in [-0.15, -0.1) is 0 Å². The van der Waals surface area contributed by atoms with Gasteiger partial charge in [0.25, 0.3) is 0 Å². The van der Waals surface area contributed by atoms with Gasteiger partial charge in [0.05, 0.1) is 7.11 Å². The van der Waals surface area contributed by atoms with Crippen LogP contribution < -0.4 is 20.1 Å². The molecule has 0 aliphatic carbocycles. The Bertz CT molecular complexity index is 761. The third-order valence-corrected chi connectivity index (χ3v) is 3.68. The predicted octanol–water partition coefficient (Wildman–Crippen LogP) is 2.70. The summed E-state index contributed by atoms with van der Waals surface area (Å²) in [6, 6.07) is 14.8. The maximum atomic E-state index is 11.1. The Morgan fingerprint density at radius 3 is 2.81 bits per heavy atom. The molecule has 0 fully saturated rings. The highest BCUT2D eigenvalue weighted by molar-refractivity contribution is 5.88. The normalized spacial score (nSPS) is 12.0. The lowest BCUT2D eigenvalue weighted by Crippen LogP contribution is -2.31. The molecule has 2 rings (SSSR count). The van der Waals surface area contributed by atoms with E-state index in [0.717, 1.165) is 11.3 Å². The largest absolute Gasteiger partial charge is 0.496 e. The van der Waals surface area contributed by atoms with Crippen LogP contribution in [0.3, 0.4) is 0 Å². The zero-order chi connectivity index (χ0) is 19.5. The van der Waals surface area contributed by atoms with Gasteiger partial charge in [-0.3, -0.25) is 4.79 Å². The average molecular weight is 370 g/mol. The summed E-state index contributed by atoms with van der Waals surface area (Å²) in [6.07, 6.45) is 3.30. The first-order valence-electron chi connectivity index (χ1n) is 8.77. The molecule has 1 amide bonds. The number of hydrogen-bond acceptors (Lipinski definition) is 5. The van der Waals surface area contributed by atoms with Crippen molar-refractivity contribution < 1.29 is 19.4 Å². The number of amides is 1. The summed E-state index contributed by atoms with van der Waals surface area (Å²) in [6.45, 7) is 2.63. The first-order valence-corrected chi connectivity index (χ1v) is 8.77. The summed E-state index contributed by atoms with van der Waals surface area (Å²) in [4.78, 5) is 11.1. The quantitative estimate of drug-likeness (QED) is 0.561. The molecule has 3 N–H and O–H groups in total. The van der Waals surface area contributed by atoms with Crippen LogP contribution in [-0.4, -0.2) is 43.9 Å². The SMILES string of the molecule is COc1ccccc1C=CCNCC(O)COc1cccc(NC(C)=O)c1. The molecule has 0 aliphatic heterocycles. The van der Waals surface area contributed by atoms with Gasteiger partial charge in [0.2, 0.25) is 5.91 Å². The van der Waals surface area contributed by atoms with Crippen molar-refractivity contribution in [3.63, 3.8) is 0 Å². The molecule has 6 nitrogen and oxygen atoms in total. The number of ether oxygens (including phenoxy) is 2. The third-order valence-electron chi connectivity index (χ3n) is 3.68. The van der Waals surface area contributed by atoms with Gasteiger partial charge < -0.3 is 25.2 Å². The molecule has 0 aromatic heterocycles. The Morgan fingerprint density at radius 2 is 2.04 bits per heavy atom. The smallest absolute Gasteiger partial charge is 0.221 e. The van der Waals surface area contributed by atoms with E-state index in [-0.39, 0.29) is 12.5 Å².